The molecule has 584 valence electrons. The lowest BCUT2D eigenvalue weighted by Gasteiger charge is -2.28. The molecular weight excluding hydrogens is 1520 g/mol. The van der Waals surface area contributed by atoms with Crippen molar-refractivity contribution >= 4 is 167 Å². The number of piperidine rings is 2. The molecule has 6 aliphatic rings. The number of amides is 1. The van der Waals surface area contributed by atoms with Gasteiger partial charge in [-0.15, -0.1) is 0 Å². The van der Waals surface area contributed by atoms with Crippen LogP contribution >= 0.6 is 45.3 Å². The number of carbonyl (C=O) groups is 4. The molecule has 0 unspecified atom stereocenters. The number of nitrogens with zero attached hydrogens (tertiary/aromatic N) is 19. The van der Waals surface area contributed by atoms with E-state index in [1.807, 2.05) is 55.3 Å². The van der Waals surface area contributed by atoms with Crippen molar-refractivity contribution < 1.29 is 43.1 Å². The van der Waals surface area contributed by atoms with Crippen LogP contribution < -0.4 is 30.1 Å². The predicted molar refractivity (Wildman–Crippen MR) is 433 cm³/mol. The van der Waals surface area contributed by atoms with Gasteiger partial charge in [-0.05, 0) is 183 Å². The lowest BCUT2D eigenvalue weighted by atomic mass is 9.92. The Hall–Kier alpha value is -10.7. The standard InChI is InChI=1S/C23H26N6O2S.C21H22N6O3S.C19H19N5O2S.C15H15FN4O2S/c1-14(30)26-17-3-4-18-16(12-17)7-10-29(18)21-20-23(25-13-24-21)32-22(27-20)19(31)11-15-5-8-28(2)9-6-15;1-25-7-4-13(5-8-25)10-17(28)20-24-18-19(22-12-23-21(18)31-20)26-9-6-14-11-15(27(29)30)2-3-16(14)26;25-15(10-12-4-8-26-9-5-12)18-23-16-17(21-11-22-19(16)27-18)24-7-3-13-14(24)2-1-6-20-13;1-8(2)22-11-5-9(16)3-4-10(11)19-14-13-15(18-7-17-14)23-12(6-21)20-13/h3-4,12-13,15H,5-11H2,1-2H3,(H,26,30);2-3,11-13H,4-10H2,1H3;1-2,6,11-12H,3-5,7-10H2;3-5,7-8,21H,6H2,1-2H3,(H,17,18,19). The second kappa shape index (κ2) is 34.8. The fraction of sp³-hybridized carbons (Fsp3) is 0.397. The maximum absolute atomic E-state index is 13.5. The number of Topliss-reactive ketones (excluding diaryl/α,β-unsaturated/α-hetero) is 3. The summed E-state index contributed by atoms with van der Waals surface area (Å²) >= 11 is 5.34. The molecular formula is C78H82FN21O9S4. The average molecular weight is 1600 g/mol. The van der Waals surface area contributed by atoms with Crippen LogP contribution in [0.25, 0.3) is 41.4 Å². The number of fused-ring (bicyclic) bond motifs is 7. The highest BCUT2D eigenvalue weighted by molar-refractivity contribution is 7.20. The molecule has 0 bridgehead atoms. The number of pyridine rings is 1. The van der Waals surface area contributed by atoms with Gasteiger partial charge in [-0.25, -0.2) is 64.2 Å². The molecule has 12 aromatic rings. The molecule has 3 N–H and O–H groups in total. The first-order valence-electron chi connectivity index (χ1n) is 37.6. The maximum atomic E-state index is 13.5. The van der Waals surface area contributed by atoms with E-state index in [1.54, 1.807) is 30.9 Å². The van der Waals surface area contributed by atoms with Gasteiger partial charge in [0.2, 0.25) is 5.91 Å². The summed E-state index contributed by atoms with van der Waals surface area (Å²) < 4.78 is 24.5. The number of anilines is 9. The van der Waals surface area contributed by atoms with Crippen molar-refractivity contribution in [1.29, 1.82) is 0 Å². The molecule has 3 fully saturated rings. The number of nitro benzene ring substituents is 1. The smallest absolute Gasteiger partial charge is 0.269 e. The number of ether oxygens (including phenoxy) is 2. The molecule has 3 saturated heterocycles. The molecule has 0 spiro atoms. The normalized spacial score (nSPS) is 16.0. The number of thiazole rings is 4. The van der Waals surface area contributed by atoms with Crippen molar-refractivity contribution in [1.82, 2.24) is 74.6 Å². The van der Waals surface area contributed by atoms with Crippen LogP contribution in [0.5, 0.6) is 5.75 Å². The van der Waals surface area contributed by atoms with E-state index >= 15 is 0 Å². The Balaban J connectivity index is 0.000000120. The molecule has 18 rings (SSSR count). The summed E-state index contributed by atoms with van der Waals surface area (Å²) in [6, 6.07) is 19.0. The number of aromatic nitrogens is 13. The van der Waals surface area contributed by atoms with Gasteiger partial charge in [0.25, 0.3) is 5.69 Å². The number of nitro groups is 1. The Morgan fingerprint density at radius 3 is 1.60 bits per heavy atom. The first-order valence-corrected chi connectivity index (χ1v) is 40.9. The second-order valence-electron chi connectivity index (χ2n) is 28.9. The minimum atomic E-state index is -0.380. The van der Waals surface area contributed by atoms with Crippen molar-refractivity contribution in [2.45, 2.75) is 111 Å². The zero-order valence-corrected chi connectivity index (χ0v) is 66.1. The lowest BCUT2D eigenvalue weighted by Crippen LogP contribution is -2.31. The minimum Gasteiger partial charge on any atom is -0.489 e. The molecule has 113 heavy (non-hydrogen) atoms. The Labute approximate surface area is 664 Å². The van der Waals surface area contributed by atoms with Crippen LogP contribution in [0.4, 0.5) is 61.8 Å². The number of hydrogen-bond donors (Lipinski definition) is 3. The SMILES string of the molecule is CC(=O)Nc1ccc2c(c1)CCN2c1ncnc2sc(C(=O)CC3CCN(C)CC3)nc12.CC(C)Oc1cc(F)ccc1Nc1ncnc2sc(CO)nc12.CN1CCC(CC(=O)c2nc3c(N4CCc5cc([N+](=O)[O-])ccc54)ncnc3s2)CC1.O=C(CC1CCOCC1)c1nc2c(N3CCc4ncccc43)ncnc2s1. The van der Waals surface area contributed by atoms with E-state index in [9.17, 15) is 38.8 Å². The fourth-order valence-electron chi connectivity index (χ4n) is 14.8. The monoisotopic (exact) mass is 1600 g/mol. The number of carbonyl (C=O) groups excluding carboxylic acids is 4. The third-order valence-corrected chi connectivity index (χ3v) is 24.5. The number of nitrogens with one attached hydrogen (secondary N) is 2. The minimum absolute atomic E-state index is 0.0703. The molecule has 15 heterocycles. The van der Waals surface area contributed by atoms with E-state index in [2.05, 4.69) is 104 Å². The molecule has 0 radical (unpaired) electrons. The van der Waals surface area contributed by atoms with Crippen LogP contribution in [0.2, 0.25) is 0 Å². The van der Waals surface area contributed by atoms with Crippen LogP contribution in [0.3, 0.4) is 0 Å². The van der Waals surface area contributed by atoms with Crippen molar-refractivity contribution in [2.75, 3.05) is 98.5 Å². The number of rotatable bonds is 19. The Morgan fingerprint density at radius 2 is 1.08 bits per heavy atom. The second-order valence-corrected chi connectivity index (χ2v) is 32.9. The van der Waals surface area contributed by atoms with Crippen LogP contribution in [0.15, 0.2) is 98.2 Å². The molecule has 3 aromatic carbocycles. The summed E-state index contributed by atoms with van der Waals surface area (Å²) in [6.07, 6.45) is 17.8. The van der Waals surface area contributed by atoms with Gasteiger partial charge in [0.1, 0.15) is 83.3 Å². The molecule has 30 nitrogen and oxygen atoms in total. The first kappa shape index (κ1) is 77.7. The third kappa shape index (κ3) is 17.9. The van der Waals surface area contributed by atoms with E-state index in [1.165, 1.54) is 83.1 Å². The number of hydrogen-bond acceptors (Lipinski definition) is 32. The lowest BCUT2D eigenvalue weighted by molar-refractivity contribution is -0.384. The van der Waals surface area contributed by atoms with E-state index in [-0.39, 0.29) is 52.4 Å². The van der Waals surface area contributed by atoms with Gasteiger partial charge in [-0.3, -0.25) is 34.3 Å². The molecule has 0 saturated carbocycles. The van der Waals surface area contributed by atoms with Crippen LogP contribution in [0.1, 0.15) is 130 Å². The number of likely N-dealkylation sites (tertiary alicyclic amines) is 2. The van der Waals surface area contributed by atoms with Crippen molar-refractivity contribution in [2.24, 2.45) is 17.8 Å². The van der Waals surface area contributed by atoms with Crippen molar-refractivity contribution in [3.8, 4) is 5.75 Å². The van der Waals surface area contributed by atoms with Gasteiger partial charge in [0.15, 0.2) is 55.6 Å². The van der Waals surface area contributed by atoms with E-state index in [0.717, 1.165) is 165 Å². The number of non-ortho nitro benzene ring substituents is 1. The van der Waals surface area contributed by atoms with E-state index < -0.39 is 0 Å². The summed E-state index contributed by atoms with van der Waals surface area (Å²) in [5.74, 6) is 4.04. The van der Waals surface area contributed by atoms with Gasteiger partial charge in [0, 0.05) is 107 Å². The van der Waals surface area contributed by atoms with Gasteiger partial charge in [0.05, 0.1) is 34.7 Å². The van der Waals surface area contributed by atoms with Crippen molar-refractivity contribution in [3.05, 3.63) is 151 Å². The zero-order chi connectivity index (χ0) is 78.4. The zero-order valence-electron chi connectivity index (χ0n) is 62.8. The number of benzene rings is 3. The quantitative estimate of drug-likeness (QED) is 0.0384. The van der Waals surface area contributed by atoms with Gasteiger partial charge < -0.3 is 49.7 Å². The molecule has 0 atom stereocenters. The average Bonchev–Trinajstić information content (AvgIpc) is 1.64. The summed E-state index contributed by atoms with van der Waals surface area (Å²) in [4.78, 5) is 132. The summed E-state index contributed by atoms with van der Waals surface area (Å²) in [5.41, 5.74) is 10.1. The summed E-state index contributed by atoms with van der Waals surface area (Å²) in [5, 5.41) is 28.3. The van der Waals surface area contributed by atoms with E-state index in [4.69, 9.17) is 14.5 Å². The summed E-state index contributed by atoms with van der Waals surface area (Å²) in [6.45, 7) is 12.9. The first-order chi connectivity index (χ1) is 54.8. The number of aliphatic hydroxyl groups is 1. The predicted octanol–water partition coefficient (Wildman–Crippen LogP) is 13.7. The maximum Gasteiger partial charge on any atom is 0.269 e. The molecule has 9 aromatic heterocycles. The molecule has 1 amide bonds. The van der Waals surface area contributed by atoms with Gasteiger partial charge in [-0.2, -0.15) is 0 Å². The molecule has 35 heteroatoms. The topological polar surface area (TPSA) is 358 Å². The summed E-state index contributed by atoms with van der Waals surface area (Å²) in [7, 11) is 4.24. The van der Waals surface area contributed by atoms with E-state index in [0.29, 0.717) is 125 Å². The largest absolute Gasteiger partial charge is 0.489 e. The third-order valence-electron chi connectivity index (χ3n) is 20.6. The fourth-order valence-corrected chi connectivity index (χ4v) is 18.1. The van der Waals surface area contributed by atoms with Crippen LogP contribution in [-0.4, -0.2) is 187 Å². The number of ketones is 3. The van der Waals surface area contributed by atoms with Crippen LogP contribution in [0, 0.1) is 33.7 Å². The van der Waals surface area contributed by atoms with Crippen molar-refractivity contribution in [3.63, 3.8) is 0 Å². The number of aliphatic hydroxyl groups excluding tert-OH is 1. The van der Waals surface area contributed by atoms with Crippen LogP contribution in [-0.2, 0) is 35.4 Å². The molecule has 6 aliphatic heterocycles. The number of halogens is 1. The highest BCUT2D eigenvalue weighted by Gasteiger charge is 2.33. The highest BCUT2D eigenvalue weighted by atomic mass is 32.1. The Bertz CT molecular complexity index is 5530. The van der Waals surface area contributed by atoms with Gasteiger partial charge in [-0.1, -0.05) is 45.3 Å². The Kier molecular flexibility index (Phi) is 23.9. The van der Waals surface area contributed by atoms with Gasteiger partial charge >= 0.3 is 0 Å². The highest BCUT2D eigenvalue weighted by Crippen LogP contribution is 2.43. The molecule has 0 aliphatic carbocycles. The Morgan fingerprint density at radius 1 is 0.584 bits per heavy atom.